The first-order valence-electron chi connectivity index (χ1n) is 7.70. The molecule has 0 unspecified atom stereocenters. The first kappa shape index (κ1) is 16.4. The van der Waals surface area contributed by atoms with Gasteiger partial charge in [-0.15, -0.1) is 11.3 Å². The number of carbonyl (C=O) groups excluding carboxylic acids is 1. The highest BCUT2D eigenvalue weighted by molar-refractivity contribution is 7.17. The molecule has 2 heterocycles. The first-order valence-corrected chi connectivity index (χ1v) is 8.58. The molecule has 1 aromatic carbocycles. The number of fused-ring (bicyclic) bond motifs is 1. The molecule has 0 aliphatic heterocycles. The zero-order valence-corrected chi connectivity index (χ0v) is 14.6. The van der Waals surface area contributed by atoms with Gasteiger partial charge < -0.3 is 0 Å². The second kappa shape index (κ2) is 6.20. The summed E-state index contributed by atoms with van der Waals surface area (Å²) in [6, 6.07) is 6.05. The maximum atomic E-state index is 12.8. The predicted octanol–water partition coefficient (Wildman–Crippen LogP) is 3.01. The largest absolute Gasteiger partial charge is 0.329 e. The Kier molecular flexibility index (Phi) is 4.24. The SMILES string of the molecule is CC(=O)CCn1c(=O)[nH]c2scc(-c3ccc(C)c(C)c3)c2c1=O. The van der Waals surface area contributed by atoms with Crippen molar-refractivity contribution >= 4 is 27.3 Å². The van der Waals surface area contributed by atoms with Gasteiger partial charge in [0, 0.05) is 23.9 Å². The van der Waals surface area contributed by atoms with Crippen molar-refractivity contribution in [2.24, 2.45) is 0 Å². The number of nitrogens with one attached hydrogen (secondary N) is 1. The molecule has 0 fully saturated rings. The Bertz CT molecular complexity index is 1060. The lowest BCUT2D eigenvalue weighted by Gasteiger charge is -2.06. The standard InChI is InChI=1S/C18H18N2O3S/c1-10-4-5-13(8-11(10)2)14-9-24-16-15(14)17(22)20(18(23)19-16)7-6-12(3)21/h4-5,8-9H,6-7H2,1-3H3,(H,19,23). The summed E-state index contributed by atoms with van der Waals surface area (Å²) < 4.78 is 1.11. The second-order valence-corrected chi connectivity index (χ2v) is 6.87. The van der Waals surface area contributed by atoms with Crippen LogP contribution in [0.15, 0.2) is 33.2 Å². The topological polar surface area (TPSA) is 71.9 Å². The van der Waals surface area contributed by atoms with Crippen LogP contribution in [0.1, 0.15) is 24.5 Å². The fraction of sp³-hybridized carbons (Fsp3) is 0.278. The average Bonchev–Trinajstić information content (AvgIpc) is 2.93. The summed E-state index contributed by atoms with van der Waals surface area (Å²) in [7, 11) is 0. The van der Waals surface area contributed by atoms with E-state index in [-0.39, 0.29) is 24.3 Å². The van der Waals surface area contributed by atoms with Gasteiger partial charge in [-0.2, -0.15) is 0 Å². The Hall–Kier alpha value is -2.47. The van der Waals surface area contributed by atoms with Crippen molar-refractivity contribution in [2.45, 2.75) is 33.7 Å². The molecule has 2 aromatic heterocycles. The van der Waals surface area contributed by atoms with Crippen LogP contribution in [0, 0.1) is 13.8 Å². The number of ketones is 1. The van der Waals surface area contributed by atoms with E-state index < -0.39 is 5.69 Å². The number of nitrogens with zero attached hydrogens (tertiary/aromatic N) is 1. The Morgan fingerprint density at radius 3 is 2.62 bits per heavy atom. The Morgan fingerprint density at radius 2 is 1.96 bits per heavy atom. The number of aromatic nitrogens is 2. The van der Waals surface area contributed by atoms with Crippen LogP contribution in [0.4, 0.5) is 0 Å². The third-order valence-electron chi connectivity index (χ3n) is 4.22. The van der Waals surface area contributed by atoms with Gasteiger partial charge in [0.15, 0.2) is 0 Å². The van der Waals surface area contributed by atoms with E-state index >= 15 is 0 Å². The molecule has 0 saturated carbocycles. The number of hydrogen-bond acceptors (Lipinski definition) is 4. The number of H-pyrrole nitrogens is 1. The Morgan fingerprint density at radius 1 is 1.21 bits per heavy atom. The van der Waals surface area contributed by atoms with Gasteiger partial charge in [-0.3, -0.25) is 19.1 Å². The Balaban J connectivity index is 2.22. The highest BCUT2D eigenvalue weighted by Gasteiger charge is 2.15. The van der Waals surface area contributed by atoms with Crippen LogP contribution in [0.25, 0.3) is 21.3 Å². The van der Waals surface area contributed by atoms with Crippen molar-refractivity contribution in [3.8, 4) is 11.1 Å². The summed E-state index contributed by atoms with van der Waals surface area (Å²) in [5, 5.41) is 2.40. The van der Waals surface area contributed by atoms with Crippen LogP contribution in [0.3, 0.4) is 0 Å². The molecule has 1 N–H and O–H groups in total. The highest BCUT2D eigenvalue weighted by Crippen LogP contribution is 2.31. The minimum Gasteiger partial charge on any atom is -0.300 e. The lowest BCUT2D eigenvalue weighted by molar-refractivity contribution is -0.117. The molecule has 3 aromatic rings. The number of benzene rings is 1. The van der Waals surface area contributed by atoms with Crippen LogP contribution in [-0.4, -0.2) is 15.3 Å². The van der Waals surface area contributed by atoms with E-state index in [1.165, 1.54) is 23.8 Å². The number of aryl methyl sites for hydroxylation is 2. The van der Waals surface area contributed by atoms with Gasteiger partial charge in [-0.25, -0.2) is 4.79 Å². The zero-order chi connectivity index (χ0) is 17.4. The average molecular weight is 342 g/mol. The van der Waals surface area contributed by atoms with Gasteiger partial charge in [-0.1, -0.05) is 18.2 Å². The summed E-state index contributed by atoms with van der Waals surface area (Å²) in [5.41, 5.74) is 3.29. The first-order chi connectivity index (χ1) is 11.4. The van der Waals surface area contributed by atoms with Gasteiger partial charge >= 0.3 is 5.69 Å². The number of thiophene rings is 1. The van der Waals surface area contributed by atoms with Gasteiger partial charge in [0.05, 0.1) is 5.39 Å². The molecule has 0 amide bonds. The molecule has 0 saturated heterocycles. The van der Waals surface area contributed by atoms with E-state index in [0.717, 1.165) is 21.3 Å². The third-order valence-corrected chi connectivity index (χ3v) is 5.12. The highest BCUT2D eigenvalue weighted by atomic mass is 32.1. The quantitative estimate of drug-likeness (QED) is 0.792. The van der Waals surface area contributed by atoms with Crippen LogP contribution in [0.5, 0.6) is 0 Å². The molecule has 0 atom stereocenters. The molecule has 124 valence electrons. The summed E-state index contributed by atoms with van der Waals surface area (Å²) in [4.78, 5) is 39.4. The molecule has 0 spiro atoms. The molecule has 0 aliphatic carbocycles. The minimum absolute atomic E-state index is 0.0545. The monoisotopic (exact) mass is 342 g/mol. The number of aromatic amines is 1. The molecule has 24 heavy (non-hydrogen) atoms. The molecular formula is C18H18N2O3S. The molecule has 0 aliphatic rings. The van der Waals surface area contributed by atoms with Gasteiger partial charge in [0.25, 0.3) is 5.56 Å². The van der Waals surface area contributed by atoms with E-state index in [4.69, 9.17) is 0 Å². The molecule has 0 radical (unpaired) electrons. The van der Waals surface area contributed by atoms with Crippen LogP contribution in [0.2, 0.25) is 0 Å². The number of carbonyl (C=O) groups is 1. The minimum atomic E-state index is -0.470. The van der Waals surface area contributed by atoms with Crippen molar-refractivity contribution in [2.75, 3.05) is 0 Å². The number of rotatable bonds is 4. The third kappa shape index (κ3) is 2.85. The summed E-state index contributed by atoms with van der Waals surface area (Å²) in [6.07, 6.45) is 0.164. The Labute approximate surface area is 142 Å². The van der Waals surface area contributed by atoms with Gasteiger partial charge in [0.1, 0.15) is 10.6 Å². The summed E-state index contributed by atoms with van der Waals surface area (Å²) in [5.74, 6) is -0.0545. The molecular weight excluding hydrogens is 324 g/mol. The number of Topliss-reactive ketones (excluding diaryl/α,β-unsaturated/α-hetero) is 1. The van der Waals surface area contributed by atoms with E-state index in [9.17, 15) is 14.4 Å². The molecule has 0 bridgehead atoms. The summed E-state index contributed by atoms with van der Waals surface area (Å²) >= 11 is 1.34. The van der Waals surface area contributed by atoms with Gasteiger partial charge in [0.2, 0.25) is 0 Å². The molecule has 5 nitrogen and oxygen atoms in total. The van der Waals surface area contributed by atoms with Crippen LogP contribution in [-0.2, 0) is 11.3 Å². The lowest BCUT2D eigenvalue weighted by Crippen LogP contribution is -2.35. The molecule has 6 heteroatoms. The van der Waals surface area contributed by atoms with E-state index in [1.807, 2.05) is 37.4 Å². The van der Waals surface area contributed by atoms with Crippen molar-refractivity contribution < 1.29 is 4.79 Å². The zero-order valence-electron chi connectivity index (χ0n) is 13.8. The van der Waals surface area contributed by atoms with Crippen molar-refractivity contribution in [3.05, 3.63) is 55.5 Å². The van der Waals surface area contributed by atoms with E-state index in [0.29, 0.717) is 10.2 Å². The van der Waals surface area contributed by atoms with E-state index in [2.05, 4.69) is 4.98 Å². The normalized spacial score (nSPS) is 11.1. The fourth-order valence-corrected chi connectivity index (χ4v) is 3.60. The van der Waals surface area contributed by atoms with Crippen LogP contribution >= 0.6 is 11.3 Å². The maximum Gasteiger partial charge on any atom is 0.329 e. The number of hydrogen-bond donors (Lipinski definition) is 1. The van der Waals surface area contributed by atoms with Gasteiger partial charge in [-0.05, 0) is 37.5 Å². The van der Waals surface area contributed by atoms with Crippen LogP contribution < -0.4 is 11.2 Å². The van der Waals surface area contributed by atoms with Crippen molar-refractivity contribution in [1.29, 1.82) is 0 Å². The molecule has 3 rings (SSSR count). The second-order valence-electron chi connectivity index (χ2n) is 5.99. The fourth-order valence-electron chi connectivity index (χ4n) is 2.65. The lowest BCUT2D eigenvalue weighted by atomic mass is 10.0. The smallest absolute Gasteiger partial charge is 0.300 e. The van der Waals surface area contributed by atoms with Crippen molar-refractivity contribution in [3.63, 3.8) is 0 Å². The maximum absolute atomic E-state index is 12.8. The van der Waals surface area contributed by atoms with Crippen molar-refractivity contribution in [1.82, 2.24) is 9.55 Å². The predicted molar refractivity (Wildman–Crippen MR) is 96.9 cm³/mol. The summed E-state index contributed by atoms with van der Waals surface area (Å²) in [6.45, 7) is 5.61. The van der Waals surface area contributed by atoms with E-state index in [1.54, 1.807) is 0 Å².